The number of pyridine rings is 1. The van der Waals surface area contributed by atoms with Gasteiger partial charge < -0.3 is 4.90 Å². The summed E-state index contributed by atoms with van der Waals surface area (Å²) in [6.07, 6.45) is -4.49. The summed E-state index contributed by atoms with van der Waals surface area (Å²) in [7, 11) is 0.975. The fraction of sp³-hybridized carbons (Fsp3) is 0.333. The maximum atomic E-state index is 12.6. The van der Waals surface area contributed by atoms with Crippen molar-refractivity contribution in [3.8, 4) is 0 Å². The molecule has 3 nitrogen and oxygen atoms in total. The van der Waals surface area contributed by atoms with Gasteiger partial charge in [-0.2, -0.15) is 17.6 Å². The van der Waals surface area contributed by atoms with Crippen LogP contribution >= 0.6 is 0 Å². The maximum Gasteiger partial charge on any atom is 0.406 e. The zero-order valence-corrected chi connectivity index (χ0v) is 8.25. The van der Waals surface area contributed by atoms with Gasteiger partial charge in [-0.15, -0.1) is 0 Å². The number of aromatic nitrogens is 1. The quantitative estimate of drug-likeness (QED) is 0.580. The van der Waals surface area contributed by atoms with E-state index in [9.17, 15) is 22.4 Å². The van der Waals surface area contributed by atoms with Gasteiger partial charge in [-0.1, -0.05) is 6.07 Å². The molecule has 0 atom stereocenters. The summed E-state index contributed by atoms with van der Waals surface area (Å²) in [5, 5.41) is 0. The highest BCUT2D eigenvalue weighted by Gasteiger charge is 2.31. The zero-order valence-electron chi connectivity index (χ0n) is 8.25. The van der Waals surface area contributed by atoms with Gasteiger partial charge in [-0.3, -0.25) is 4.79 Å². The van der Waals surface area contributed by atoms with Gasteiger partial charge in [0.2, 0.25) is 5.95 Å². The van der Waals surface area contributed by atoms with Gasteiger partial charge in [-0.25, -0.2) is 4.98 Å². The molecular weight excluding hydrogens is 228 g/mol. The van der Waals surface area contributed by atoms with Crippen LogP contribution in [0.1, 0.15) is 10.5 Å². The number of carbonyl (C=O) groups excluding carboxylic acids is 1. The largest absolute Gasteiger partial charge is 0.406 e. The number of hydrogen-bond acceptors (Lipinski definition) is 2. The fourth-order valence-electron chi connectivity index (χ4n) is 1.06. The number of rotatable bonds is 2. The fourth-order valence-corrected chi connectivity index (χ4v) is 1.06. The minimum Gasteiger partial charge on any atom is -0.331 e. The van der Waals surface area contributed by atoms with Gasteiger partial charge in [-0.05, 0) is 12.1 Å². The van der Waals surface area contributed by atoms with E-state index in [0.29, 0.717) is 4.90 Å². The SMILES string of the molecule is CN(CC(F)(F)F)C(=O)c1cccc(F)n1. The third-order valence-electron chi connectivity index (χ3n) is 1.70. The lowest BCUT2D eigenvalue weighted by Crippen LogP contribution is -2.36. The van der Waals surface area contributed by atoms with Crippen molar-refractivity contribution in [1.82, 2.24) is 9.88 Å². The van der Waals surface area contributed by atoms with Crippen molar-refractivity contribution in [2.45, 2.75) is 6.18 Å². The molecule has 0 bridgehead atoms. The van der Waals surface area contributed by atoms with Gasteiger partial charge in [0.25, 0.3) is 5.91 Å². The Hall–Kier alpha value is -1.66. The van der Waals surface area contributed by atoms with E-state index in [-0.39, 0.29) is 5.69 Å². The number of carbonyl (C=O) groups is 1. The molecule has 0 N–H and O–H groups in total. The molecule has 0 aromatic carbocycles. The molecule has 0 saturated heterocycles. The molecule has 0 aliphatic rings. The minimum absolute atomic E-state index is 0.355. The molecule has 1 heterocycles. The van der Waals surface area contributed by atoms with Gasteiger partial charge in [0, 0.05) is 7.05 Å². The predicted molar refractivity (Wildman–Crippen MR) is 47.2 cm³/mol. The van der Waals surface area contributed by atoms with Crippen molar-refractivity contribution < 1.29 is 22.4 Å². The molecule has 0 unspecified atom stereocenters. The molecule has 0 aliphatic carbocycles. The molecule has 88 valence electrons. The summed E-state index contributed by atoms with van der Waals surface area (Å²) in [4.78, 5) is 15.0. The third kappa shape index (κ3) is 3.48. The first-order valence-corrected chi connectivity index (χ1v) is 4.24. The number of amides is 1. The van der Waals surface area contributed by atoms with E-state index in [1.54, 1.807) is 0 Å². The molecule has 0 spiro atoms. The van der Waals surface area contributed by atoms with Crippen LogP contribution in [0.3, 0.4) is 0 Å². The number of hydrogen-bond donors (Lipinski definition) is 0. The summed E-state index contributed by atoms with van der Waals surface area (Å²) < 4.78 is 48.5. The molecule has 1 aromatic heterocycles. The van der Waals surface area contributed by atoms with E-state index in [1.165, 1.54) is 6.07 Å². The van der Waals surface area contributed by atoms with Crippen molar-refractivity contribution in [2.24, 2.45) is 0 Å². The van der Waals surface area contributed by atoms with Crippen LogP contribution < -0.4 is 0 Å². The van der Waals surface area contributed by atoms with Crippen LogP contribution in [0.4, 0.5) is 17.6 Å². The van der Waals surface area contributed by atoms with Crippen molar-refractivity contribution in [3.63, 3.8) is 0 Å². The van der Waals surface area contributed by atoms with Crippen LogP contribution in [0.25, 0.3) is 0 Å². The first kappa shape index (κ1) is 12.4. The Kier molecular flexibility index (Phi) is 3.46. The maximum absolute atomic E-state index is 12.6. The van der Waals surface area contributed by atoms with Crippen LogP contribution in [0.15, 0.2) is 18.2 Å². The number of alkyl halides is 3. The first-order chi connectivity index (χ1) is 7.29. The minimum atomic E-state index is -4.49. The highest BCUT2D eigenvalue weighted by molar-refractivity contribution is 5.92. The smallest absolute Gasteiger partial charge is 0.331 e. The van der Waals surface area contributed by atoms with E-state index in [2.05, 4.69) is 4.98 Å². The van der Waals surface area contributed by atoms with Gasteiger partial charge in [0.1, 0.15) is 12.2 Å². The molecular formula is C9H8F4N2O. The Labute approximate surface area is 88.7 Å². The standard InChI is InChI=1S/C9H8F4N2O/c1-15(5-9(11,12)13)8(16)6-3-2-4-7(10)14-6/h2-4H,5H2,1H3. The second-order valence-corrected chi connectivity index (χ2v) is 3.12. The predicted octanol–water partition coefficient (Wildman–Crippen LogP) is 1.85. The van der Waals surface area contributed by atoms with Crippen LogP contribution in [0.5, 0.6) is 0 Å². The van der Waals surface area contributed by atoms with E-state index in [1.807, 2.05) is 0 Å². The Balaban J connectivity index is 2.78. The Morgan fingerprint density at radius 3 is 2.56 bits per heavy atom. The van der Waals surface area contributed by atoms with Crippen molar-refractivity contribution in [1.29, 1.82) is 0 Å². The summed E-state index contributed by atoms with van der Waals surface area (Å²) in [5.74, 6) is -1.89. The first-order valence-electron chi connectivity index (χ1n) is 4.24. The highest BCUT2D eigenvalue weighted by atomic mass is 19.4. The van der Waals surface area contributed by atoms with Crippen molar-refractivity contribution >= 4 is 5.91 Å². The highest BCUT2D eigenvalue weighted by Crippen LogP contribution is 2.16. The van der Waals surface area contributed by atoms with E-state index in [4.69, 9.17) is 0 Å². The van der Waals surface area contributed by atoms with Gasteiger partial charge >= 0.3 is 6.18 Å². The molecule has 0 saturated carbocycles. The summed E-state index contributed by atoms with van der Waals surface area (Å²) in [6, 6.07) is 3.36. The van der Waals surface area contributed by atoms with Crippen LogP contribution in [-0.4, -0.2) is 35.6 Å². The lowest BCUT2D eigenvalue weighted by molar-refractivity contribution is -0.138. The normalized spacial score (nSPS) is 11.3. The Morgan fingerprint density at radius 2 is 2.06 bits per heavy atom. The average Bonchev–Trinajstić information content (AvgIpc) is 2.14. The molecule has 1 amide bonds. The summed E-state index contributed by atoms with van der Waals surface area (Å²) in [6.45, 7) is -1.40. The van der Waals surface area contributed by atoms with Crippen LogP contribution in [0, 0.1) is 5.95 Å². The molecule has 1 aromatic rings. The third-order valence-corrected chi connectivity index (χ3v) is 1.70. The van der Waals surface area contributed by atoms with E-state index in [0.717, 1.165) is 19.2 Å². The Morgan fingerprint density at radius 1 is 1.44 bits per heavy atom. The monoisotopic (exact) mass is 236 g/mol. The van der Waals surface area contributed by atoms with E-state index >= 15 is 0 Å². The van der Waals surface area contributed by atoms with Crippen molar-refractivity contribution in [3.05, 3.63) is 29.8 Å². The second kappa shape index (κ2) is 4.46. The topological polar surface area (TPSA) is 33.2 Å². The molecule has 1 rings (SSSR count). The second-order valence-electron chi connectivity index (χ2n) is 3.12. The Bertz CT molecular complexity index is 391. The summed E-state index contributed by atoms with van der Waals surface area (Å²) >= 11 is 0. The molecule has 7 heteroatoms. The summed E-state index contributed by atoms with van der Waals surface area (Å²) in [5.41, 5.74) is -0.355. The van der Waals surface area contributed by atoms with E-state index < -0.39 is 24.6 Å². The zero-order chi connectivity index (χ0) is 12.3. The van der Waals surface area contributed by atoms with Gasteiger partial charge in [0.15, 0.2) is 0 Å². The molecule has 0 fully saturated rings. The number of nitrogens with zero attached hydrogens (tertiary/aromatic N) is 2. The molecule has 16 heavy (non-hydrogen) atoms. The molecule has 0 aliphatic heterocycles. The average molecular weight is 236 g/mol. The lowest BCUT2D eigenvalue weighted by atomic mass is 10.3. The lowest BCUT2D eigenvalue weighted by Gasteiger charge is -2.18. The number of halogens is 4. The van der Waals surface area contributed by atoms with Crippen LogP contribution in [-0.2, 0) is 0 Å². The van der Waals surface area contributed by atoms with Gasteiger partial charge in [0.05, 0.1) is 0 Å². The van der Waals surface area contributed by atoms with Crippen molar-refractivity contribution in [2.75, 3.05) is 13.6 Å². The van der Waals surface area contributed by atoms with Crippen LogP contribution in [0.2, 0.25) is 0 Å². The molecule has 0 radical (unpaired) electrons.